The normalized spacial score (nSPS) is 11.2. The molecule has 0 saturated carbocycles. The van der Waals surface area contributed by atoms with Crippen LogP contribution in [0.2, 0.25) is 0 Å². The molecule has 3 N–H and O–H groups in total. The Hall–Kier alpha value is -3.65. The predicted molar refractivity (Wildman–Crippen MR) is 92.8 cm³/mol. The number of amides is 3. The highest BCUT2D eigenvalue weighted by Gasteiger charge is 2.13. The van der Waals surface area contributed by atoms with Gasteiger partial charge in [-0.15, -0.1) is 0 Å². The highest BCUT2D eigenvalue weighted by atomic mass is 16.2. The molecule has 0 fully saturated rings. The summed E-state index contributed by atoms with van der Waals surface area (Å²) in [6, 6.07) is 18.3. The zero-order chi connectivity index (χ0) is 17.1. The van der Waals surface area contributed by atoms with Crippen LogP contribution in [0.3, 0.4) is 0 Å². The first-order valence-corrected chi connectivity index (χ1v) is 7.23. The molecule has 5 nitrogen and oxygen atoms in total. The van der Waals surface area contributed by atoms with E-state index in [4.69, 9.17) is 5.73 Å². The predicted octanol–water partition coefficient (Wildman–Crippen LogP) is 3.09. The summed E-state index contributed by atoms with van der Waals surface area (Å²) in [5.41, 5.74) is 5.52. The maximum absolute atomic E-state index is 12.0. The van der Waals surface area contributed by atoms with Crippen LogP contribution in [0.25, 0.3) is 27.6 Å². The van der Waals surface area contributed by atoms with E-state index in [1.54, 1.807) is 0 Å². The molecule has 3 aromatic carbocycles. The third kappa shape index (κ3) is 2.81. The molecular formula is C19H13N3O2. The Bertz CT molecular complexity index is 991. The van der Waals surface area contributed by atoms with Crippen molar-refractivity contribution in [3.63, 3.8) is 0 Å². The van der Waals surface area contributed by atoms with Crippen LogP contribution in [0.1, 0.15) is 5.56 Å². The van der Waals surface area contributed by atoms with E-state index in [9.17, 15) is 14.9 Å². The molecule has 3 amide bonds. The van der Waals surface area contributed by atoms with Gasteiger partial charge in [0.2, 0.25) is 0 Å². The van der Waals surface area contributed by atoms with Gasteiger partial charge in [-0.3, -0.25) is 10.1 Å². The summed E-state index contributed by atoms with van der Waals surface area (Å²) in [5, 5.41) is 15.0. The number of hydrogen-bond donors (Lipinski definition) is 2. The number of nitrogens with two attached hydrogens (primary N) is 1. The summed E-state index contributed by atoms with van der Waals surface area (Å²) >= 11 is 0. The van der Waals surface area contributed by atoms with Crippen LogP contribution < -0.4 is 11.1 Å². The van der Waals surface area contributed by atoms with Gasteiger partial charge in [-0.2, -0.15) is 5.26 Å². The van der Waals surface area contributed by atoms with E-state index < -0.39 is 11.9 Å². The molecule has 0 aliphatic carbocycles. The number of fused-ring (bicyclic) bond motifs is 2. The molecule has 0 spiro atoms. The number of rotatable bonds is 2. The Morgan fingerprint density at radius 1 is 1.00 bits per heavy atom. The topological polar surface area (TPSA) is 96.0 Å². The number of imide groups is 1. The molecule has 0 aliphatic heterocycles. The fourth-order valence-corrected chi connectivity index (χ4v) is 2.68. The molecule has 0 unspecified atom stereocenters. The average molecular weight is 315 g/mol. The minimum Gasteiger partial charge on any atom is -0.351 e. The van der Waals surface area contributed by atoms with E-state index in [-0.39, 0.29) is 5.57 Å². The highest BCUT2D eigenvalue weighted by Crippen LogP contribution is 2.30. The van der Waals surface area contributed by atoms with Crippen molar-refractivity contribution >= 4 is 39.6 Å². The van der Waals surface area contributed by atoms with Gasteiger partial charge in [0.05, 0.1) is 0 Å². The van der Waals surface area contributed by atoms with Gasteiger partial charge in [-0.05, 0) is 39.3 Å². The molecular weight excluding hydrogens is 302 g/mol. The standard InChI is InChI=1S/C19H13N3O2/c20-11-14(18(23)22-19(21)24)10-17-15-7-3-1-5-12(15)9-13-6-2-4-8-16(13)17/h1-10H,(H3,21,22,23,24)/b14-10-. The monoisotopic (exact) mass is 315 g/mol. The molecule has 3 aromatic rings. The van der Waals surface area contributed by atoms with Crippen LogP contribution in [0.4, 0.5) is 4.79 Å². The van der Waals surface area contributed by atoms with Gasteiger partial charge in [0, 0.05) is 0 Å². The summed E-state index contributed by atoms with van der Waals surface area (Å²) in [5.74, 6) is -0.818. The zero-order valence-corrected chi connectivity index (χ0v) is 12.6. The highest BCUT2D eigenvalue weighted by molar-refractivity contribution is 6.13. The fourth-order valence-electron chi connectivity index (χ4n) is 2.68. The van der Waals surface area contributed by atoms with E-state index in [0.29, 0.717) is 0 Å². The van der Waals surface area contributed by atoms with E-state index in [1.807, 2.05) is 59.9 Å². The second-order valence-electron chi connectivity index (χ2n) is 5.22. The van der Waals surface area contributed by atoms with Gasteiger partial charge in [0.25, 0.3) is 5.91 Å². The number of carbonyl (C=O) groups is 2. The first-order valence-electron chi connectivity index (χ1n) is 7.23. The molecule has 0 heterocycles. The molecule has 0 aliphatic rings. The van der Waals surface area contributed by atoms with Crippen molar-refractivity contribution in [3.8, 4) is 6.07 Å². The van der Waals surface area contributed by atoms with Crippen LogP contribution in [0.15, 0.2) is 60.2 Å². The van der Waals surface area contributed by atoms with E-state index in [0.717, 1.165) is 27.1 Å². The molecule has 24 heavy (non-hydrogen) atoms. The van der Waals surface area contributed by atoms with Crippen molar-refractivity contribution < 1.29 is 9.59 Å². The molecule has 5 heteroatoms. The summed E-state index contributed by atoms with van der Waals surface area (Å²) in [4.78, 5) is 22.8. The van der Waals surface area contributed by atoms with Crippen molar-refractivity contribution in [2.24, 2.45) is 5.73 Å². The van der Waals surface area contributed by atoms with Crippen LogP contribution in [-0.4, -0.2) is 11.9 Å². The Kier molecular flexibility index (Phi) is 3.96. The minimum atomic E-state index is -0.996. The van der Waals surface area contributed by atoms with Gasteiger partial charge in [-0.1, -0.05) is 48.5 Å². The number of benzene rings is 3. The lowest BCUT2D eigenvalue weighted by molar-refractivity contribution is -0.115. The third-order valence-corrected chi connectivity index (χ3v) is 3.70. The van der Waals surface area contributed by atoms with Crippen molar-refractivity contribution in [1.29, 1.82) is 5.26 Å². The second kappa shape index (κ2) is 6.23. The van der Waals surface area contributed by atoms with Crippen molar-refractivity contribution in [1.82, 2.24) is 5.32 Å². The maximum Gasteiger partial charge on any atom is 0.319 e. The first-order chi connectivity index (χ1) is 11.6. The van der Waals surface area contributed by atoms with Crippen molar-refractivity contribution in [2.75, 3.05) is 0 Å². The fraction of sp³-hybridized carbons (Fsp3) is 0. The minimum absolute atomic E-state index is 0.185. The van der Waals surface area contributed by atoms with Crippen LogP contribution in [0.5, 0.6) is 0 Å². The smallest absolute Gasteiger partial charge is 0.319 e. The molecule has 0 atom stereocenters. The Labute approximate surface area is 138 Å². The summed E-state index contributed by atoms with van der Waals surface area (Å²) in [6.07, 6.45) is 1.49. The Morgan fingerprint density at radius 2 is 1.54 bits per heavy atom. The lowest BCUT2D eigenvalue weighted by Gasteiger charge is -2.09. The van der Waals surface area contributed by atoms with Crippen LogP contribution in [-0.2, 0) is 4.79 Å². The molecule has 0 aromatic heterocycles. The number of carbonyl (C=O) groups excluding carboxylic acids is 2. The summed E-state index contributed by atoms with van der Waals surface area (Å²) < 4.78 is 0. The SMILES string of the molecule is N#C/C(=C/c1c2ccccc2cc2ccccc12)C(=O)NC(N)=O. The van der Waals surface area contributed by atoms with E-state index in [1.165, 1.54) is 6.08 Å². The number of nitriles is 1. The van der Waals surface area contributed by atoms with E-state index >= 15 is 0 Å². The zero-order valence-electron chi connectivity index (χ0n) is 12.6. The molecule has 3 rings (SSSR count). The quantitative estimate of drug-likeness (QED) is 0.432. The van der Waals surface area contributed by atoms with Crippen molar-refractivity contribution in [3.05, 3.63) is 65.7 Å². The van der Waals surface area contributed by atoms with Gasteiger partial charge < -0.3 is 5.73 Å². The average Bonchev–Trinajstić information content (AvgIpc) is 2.57. The molecule has 0 bridgehead atoms. The number of urea groups is 1. The third-order valence-electron chi connectivity index (χ3n) is 3.70. The second-order valence-corrected chi connectivity index (χ2v) is 5.22. The number of primary amides is 1. The van der Waals surface area contributed by atoms with Crippen LogP contribution in [0, 0.1) is 11.3 Å². The van der Waals surface area contributed by atoms with Crippen molar-refractivity contribution in [2.45, 2.75) is 0 Å². The largest absolute Gasteiger partial charge is 0.351 e. The Morgan fingerprint density at radius 3 is 2.04 bits per heavy atom. The molecule has 0 radical (unpaired) electrons. The van der Waals surface area contributed by atoms with Gasteiger partial charge in [0.15, 0.2) is 0 Å². The van der Waals surface area contributed by atoms with Crippen LogP contribution >= 0.6 is 0 Å². The number of nitrogens with one attached hydrogen (secondary N) is 1. The molecule has 0 saturated heterocycles. The van der Waals surface area contributed by atoms with Gasteiger partial charge >= 0.3 is 6.03 Å². The Balaban J connectivity index is 2.30. The first kappa shape index (κ1) is 15.3. The van der Waals surface area contributed by atoms with Gasteiger partial charge in [0.1, 0.15) is 11.6 Å². The maximum atomic E-state index is 12.0. The lowest BCUT2D eigenvalue weighted by Crippen LogP contribution is -2.35. The molecule has 116 valence electrons. The lowest BCUT2D eigenvalue weighted by atomic mass is 9.95. The van der Waals surface area contributed by atoms with Gasteiger partial charge in [-0.25, -0.2) is 4.79 Å². The number of nitrogens with zero attached hydrogens (tertiary/aromatic N) is 1. The van der Waals surface area contributed by atoms with E-state index in [2.05, 4.69) is 6.07 Å². The number of hydrogen-bond acceptors (Lipinski definition) is 3. The summed E-state index contributed by atoms with van der Waals surface area (Å²) in [6.45, 7) is 0. The summed E-state index contributed by atoms with van der Waals surface area (Å²) in [7, 11) is 0.